The average molecular weight is 293 g/mol. The highest BCUT2D eigenvalue weighted by Gasteiger charge is 2.14. The number of thiophene rings is 1. The Morgan fingerprint density at radius 1 is 1.40 bits per heavy atom. The van der Waals surface area contributed by atoms with E-state index in [0.29, 0.717) is 0 Å². The van der Waals surface area contributed by atoms with E-state index < -0.39 is 5.97 Å². The maximum absolute atomic E-state index is 11.9. The van der Waals surface area contributed by atoms with E-state index in [1.165, 1.54) is 6.07 Å². The van der Waals surface area contributed by atoms with Crippen molar-refractivity contribution in [3.8, 4) is 0 Å². The third kappa shape index (κ3) is 3.08. The van der Waals surface area contributed by atoms with Crippen LogP contribution in [0.4, 0.5) is 0 Å². The van der Waals surface area contributed by atoms with Crippen LogP contribution in [-0.2, 0) is 13.0 Å². The van der Waals surface area contributed by atoms with E-state index in [1.54, 1.807) is 12.1 Å². The maximum atomic E-state index is 11.9. The molecule has 0 radical (unpaired) electrons. The molecule has 0 fully saturated rings. The number of amides is 1. The summed E-state index contributed by atoms with van der Waals surface area (Å²) in [5, 5.41) is 11.5. The van der Waals surface area contributed by atoms with Gasteiger partial charge in [0.1, 0.15) is 10.6 Å². The van der Waals surface area contributed by atoms with E-state index in [4.69, 9.17) is 9.52 Å². The van der Waals surface area contributed by atoms with Gasteiger partial charge in [-0.15, -0.1) is 11.3 Å². The van der Waals surface area contributed by atoms with Gasteiger partial charge in [0.2, 0.25) is 0 Å². The summed E-state index contributed by atoms with van der Waals surface area (Å²) < 4.78 is 5.45. The minimum atomic E-state index is -0.957. The Kier molecular flexibility index (Phi) is 4.24. The summed E-state index contributed by atoms with van der Waals surface area (Å²) in [4.78, 5) is 23.7. The van der Waals surface area contributed by atoms with Gasteiger partial charge in [0, 0.05) is 11.3 Å². The molecule has 2 rings (SSSR count). The highest BCUT2D eigenvalue weighted by atomic mass is 32.1. The molecular formula is C14H15NO4S. The van der Waals surface area contributed by atoms with Crippen molar-refractivity contribution in [3.63, 3.8) is 0 Å². The van der Waals surface area contributed by atoms with E-state index in [1.807, 2.05) is 13.8 Å². The van der Waals surface area contributed by atoms with Gasteiger partial charge in [0.05, 0.1) is 6.54 Å². The lowest BCUT2D eigenvalue weighted by atomic mass is 10.2. The monoisotopic (exact) mass is 293 g/mol. The van der Waals surface area contributed by atoms with Crippen molar-refractivity contribution in [2.75, 3.05) is 0 Å². The number of carboxylic acid groups (broad SMARTS) is 1. The minimum Gasteiger partial charge on any atom is -0.477 e. The fraction of sp³-hybridized carbons (Fsp3) is 0.286. The molecule has 0 aromatic carbocycles. The van der Waals surface area contributed by atoms with Crippen molar-refractivity contribution in [3.05, 3.63) is 45.0 Å². The van der Waals surface area contributed by atoms with Crippen LogP contribution in [0.3, 0.4) is 0 Å². The summed E-state index contributed by atoms with van der Waals surface area (Å²) in [5.74, 6) is -0.159. The zero-order chi connectivity index (χ0) is 14.7. The summed E-state index contributed by atoms with van der Waals surface area (Å²) >= 11 is 1.15. The van der Waals surface area contributed by atoms with Crippen molar-refractivity contribution in [2.24, 2.45) is 0 Å². The molecule has 0 atom stereocenters. The zero-order valence-electron chi connectivity index (χ0n) is 11.2. The first-order valence-corrected chi connectivity index (χ1v) is 7.02. The van der Waals surface area contributed by atoms with Crippen LogP contribution in [0.5, 0.6) is 0 Å². The topological polar surface area (TPSA) is 79.5 Å². The summed E-state index contributed by atoms with van der Waals surface area (Å²) in [5.41, 5.74) is 0.960. The fourth-order valence-electron chi connectivity index (χ4n) is 1.83. The molecule has 2 aromatic heterocycles. The number of furan rings is 1. The molecule has 0 spiro atoms. The second kappa shape index (κ2) is 5.92. The molecule has 0 saturated carbocycles. The molecule has 0 saturated heterocycles. The summed E-state index contributed by atoms with van der Waals surface area (Å²) in [6.07, 6.45) is 0.742. The van der Waals surface area contributed by atoms with Crippen molar-refractivity contribution >= 4 is 23.2 Å². The van der Waals surface area contributed by atoms with Crippen LogP contribution in [0.15, 0.2) is 22.6 Å². The van der Waals surface area contributed by atoms with Gasteiger partial charge in [-0.05, 0) is 30.7 Å². The molecule has 0 aliphatic rings. The number of carbonyl (C=O) groups is 2. The number of carboxylic acids is 1. The Morgan fingerprint density at radius 2 is 2.15 bits per heavy atom. The Hall–Kier alpha value is -2.08. The fourth-order valence-corrected chi connectivity index (χ4v) is 2.61. The first kappa shape index (κ1) is 14.3. The van der Waals surface area contributed by atoms with E-state index in [9.17, 15) is 9.59 Å². The SMILES string of the molecule is CCc1oc(C(=O)NCc2ccc(C(=O)O)s2)cc1C. The summed E-state index contributed by atoms with van der Waals surface area (Å²) in [7, 11) is 0. The molecule has 2 aromatic rings. The molecule has 20 heavy (non-hydrogen) atoms. The molecule has 106 valence electrons. The normalized spacial score (nSPS) is 10.5. The van der Waals surface area contributed by atoms with E-state index >= 15 is 0 Å². The van der Waals surface area contributed by atoms with Crippen LogP contribution in [0, 0.1) is 6.92 Å². The molecule has 2 heterocycles. The van der Waals surface area contributed by atoms with E-state index in [2.05, 4.69) is 5.32 Å². The highest BCUT2D eigenvalue weighted by Crippen LogP contribution is 2.17. The van der Waals surface area contributed by atoms with Gasteiger partial charge in [0.25, 0.3) is 5.91 Å². The van der Waals surface area contributed by atoms with Gasteiger partial charge in [-0.3, -0.25) is 4.79 Å². The van der Waals surface area contributed by atoms with Crippen molar-refractivity contribution in [1.29, 1.82) is 0 Å². The van der Waals surface area contributed by atoms with Crippen molar-refractivity contribution < 1.29 is 19.1 Å². The molecule has 0 bridgehead atoms. The third-order valence-corrected chi connectivity index (χ3v) is 3.93. The van der Waals surface area contributed by atoms with Gasteiger partial charge in [-0.2, -0.15) is 0 Å². The number of hydrogen-bond donors (Lipinski definition) is 2. The second-order valence-electron chi connectivity index (χ2n) is 4.32. The summed E-state index contributed by atoms with van der Waals surface area (Å²) in [6, 6.07) is 4.94. The Balaban J connectivity index is 1.98. The molecule has 1 amide bonds. The second-order valence-corrected chi connectivity index (χ2v) is 5.49. The van der Waals surface area contributed by atoms with Crippen LogP contribution in [0.2, 0.25) is 0 Å². The lowest BCUT2D eigenvalue weighted by Gasteiger charge is -2.00. The molecule has 2 N–H and O–H groups in total. The van der Waals surface area contributed by atoms with Gasteiger partial charge >= 0.3 is 5.97 Å². The molecule has 0 aliphatic heterocycles. The number of carbonyl (C=O) groups excluding carboxylic acids is 1. The minimum absolute atomic E-state index is 0.261. The predicted molar refractivity (Wildman–Crippen MR) is 75.3 cm³/mol. The van der Waals surface area contributed by atoms with Gasteiger partial charge < -0.3 is 14.8 Å². The zero-order valence-corrected chi connectivity index (χ0v) is 12.0. The lowest BCUT2D eigenvalue weighted by molar-refractivity contribution is 0.0702. The number of hydrogen-bond acceptors (Lipinski definition) is 4. The van der Waals surface area contributed by atoms with Crippen molar-refractivity contribution in [1.82, 2.24) is 5.32 Å². The molecule has 0 aliphatic carbocycles. The standard InChI is InChI=1S/C14H15NO4S/c1-3-10-8(2)6-11(19-10)13(16)15-7-9-4-5-12(20-9)14(17)18/h4-6H,3,7H2,1-2H3,(H,15,16)(H,17,18). The van der Waals surface area contributed by atoms with Gasteiger partial charge in [-0.25, -0.2) is 4.79 Å². The van der Waals surface area contributed by atoms with Crippen LogP contribution in [0.25, 0.3) is 0 Å². The number of nitrogens with one attached hydrogen (secondary N) is 1. The average Bonchev–Trinajstić information content (AvgIpc) is 3.02. The Labute approximate surface area is 120 Å². The van der Waals surface area contributed by atoms with Crippen molar-refractivity contribution in [2.45, 2.75) is 26.8 Å². The Bertz CT molecular complexity index is 641. The number of aromatic carboxylic acids is 1. The molecule has 5 nitrogen and oxygen atoms in total. The first-order valence-electron chi connectivity index (χ1n) is 6.20. The largest absolute Gasteiger partial charge is 0.477 e. The predicted octanol–water partition coefficient (Wildman–Crippen LogP) is 2.84. The third-order valence-electron chi connectivity index (χ3n) is 2.86. The van der Waals surface area contributed by atoms with Crippen LogP contribution >= 0.6 is 11.3 Å². The van der Waals surface area contributed by atoms with Crippen LogP contribution in [0.1, 0.15) is 43.4 Å². The van der Waals surface area contributed by atoms with Gasteiger partial charge in [0.15, 0.2) is 5.76 Å². The van der Waals surface area contributed by atoms with Crippen LogP contribution in [-0.4, -0.2) is 17.0 Å². The van der Waals surface area contributed by atoms with E-state index in [0.717, 1.165) is 34.0 Å². The molecule has 0 unspecified atom stereocenters. The number of rotatable bonds is 5. The summed E-state index contributed by atoms with van der Waals surface area (Å²) in [6.45, 7) is 4.15. The maximum Gasteiger partial charge on any atom is 0.345 e. The van der Waals surface area contributed by atoms with Gasteiger partial charge in [-0.1, -0.05) is 6.92 Å². The number of aryl methyl sites for hydroxylation is 2. The molecule has 6 heteroatoms. The van der Waals surface area contributed by atoms with Crippen LogP contribution < -0.4 is 5.32 Å². The molecular weight excluding hydrogens is 278 g/mol. The highest BCUT2D eigenvalue weighted by molar-refractivity contribution is 7.13. The smallest absolute Gasteiger partial charge is 0.345 e. The first-order chi connectivity index (χ1) is 9.51. The lowest BCUT2D eigenvalue weighted by Crippen LogP contribution is -2.21. The quantitative estimate of drug-likeness (QED) is 0.888. The Morgan fingerprint density at radius 3 is 2.70 bits per heavy atom. The van der Waals surface area contributed by atoms with E-state index in [-0.39, 0.29) is 23.1 Å².